The van der Waals surface area contributed by atoms with Crippen LogP contribution in [0.2, 0.25) is 0 Å². The highest BCUT2D eigenvalue weighted by atomic mass is 16.2. The van der Waals surface area contributed by atoms with E-state index in [0.717, 1.165) is 29.6 Å². The smallest absolute Gasteiger partial charge is 0.253 e. The van der Waals surface area contributed by atoms with E-state index in [4.69, 9.17) is 0 Å². The maximum absolute atomic E-state index is 12.8. The van der Waals surface area contributed by atoms with E-state index in [1.807, 2.05) is 17.2 Å². The fraction of sp³-hybridized carbons (Fsp3) is 0.227. The van der Waals surface area contributed by atoms with Crippen LogP contribution < -0.4 is 5.32 Å². The fourth-order valence-corrected chi connectivity index (χ4v) is 3.52. The Hall–Kier alpha value is -3.61. The van der Waals surface area contributed by atoms with E-state index >= 15 is 0 Å². The summed E-state index contributed by atoms with van der Waals surface area (Å²) >= 11 is 0. The third kappa shape index (κ3) is 4.29. The number of likely N-dealkylation sites (tertiary alicyclic amines) is 1. The average Bonchev–Trinajstić information content (AvgIpc) is 3.22. The van der Waals surface area contributed by atoms with Crippen molar-refractivity contribution in [3.8, 4) is 0 Å². The van der Waals surface area contributed by atoms with Crippen molar-refractivity contribution in [2.45, 2.75) is 12.8 Å². The highest BCUT2D eigenvalue weighted by Crippen LogP contribution is 2.22. The quantitative estimate of drug-likeness (QED) is 0.680. The van der Waals surface area contributed by atoms with Gasteiger partial charge in [-0.3, -0.25) is 14.6 Å². The number of hydrogen-bond donors (Lipinski definition) is 1. The van der Waals surface area contributed by atoms with Crippen molar-refractivity contribution < 1.29 is 9.59 Å². The first-order chi connectivity index (χ1) is 14.1. The van der Waals surface area contributed by atoms with Gasteiger partial charge in [0.05, 0.1) is 11.7 Å². The second-order valence-electron chi connectivity index (χ2n) is 7.10. The summed E-state index contributed by atoms with van der Waals surface area (Å²) in [5.41, 5.74) is 2.08. The minimum absolute atomic E-state index is 0.00210. The molecule has 1 aliphatic heterocycles. The minimum atomic E-state index is -0.279. The number of aromatic nitrogens is 3. The standard InChI is InChI=1S/C22H21N5O2/c1-2-21(28)25-18-5-3-16(4-6-18)22(29)27-10-8-15(14-27)11-20-24-12-17-7-9-23-13-19(17)26-20/h2-7,9,12-13,15H,1,8,10-11,14H2,(H,25,28)/t15-/m0/s1. The number of carbonyl (C=O) groups is 2. The van der Waals surface area contributed by atoms with E-state index < -0.39 is 0 Å². The van der Waals surface area contributed by atoms with Gasteiger partial charge in [-0.05, 0) is 48.7 Å². The van der Waals surface area contributed by atoms with Crippen molar-refractivity contribution >= 4 is 28.4 Å². The summed E-state index contributed by atoms with van der Waals surface area (Å²) in [5.74, 6) is 0.835. The molecular weight excluding hydrogens is 366 g/mol. The normalized spacial score (nSPS) is 16.0. The van der Waals surface area contributed by atoms with E-state index in [0.29, 0.717) is 30.3 Å². The molecule has 0 saturated carbocycles. The maximum atomic E-state index is 12.8. The van der Waals surface area contributed by atoms with E-state index in [-0.39, 0.29) is 11.8 Å². The molecule has 29 heavy (non-hydrogen) atoms. The zero-order valence-electron chi connectivity index (χ0n) is 15.9. The van der Waals surface area contributed by atoms with Crippen LogP contribution in [0.5, 0.6) is 0 Å². The van der Waals surface area contributed by atoms with Gasteiger partial charge >= 0.3 is 0 Å². The first kappa shape index (κ1) is 18.7. The zero-order chi connectivity index (χ0) is 20.2. The Morgan fingerprint density at radius 1 is 1.21 bits per heavy atom. The average molecular weight is 387 g/mol. The molecule has 1 aromatic carbocycles. The van der Waals surface area contributed by atoms with Gasteiger partial charge in [-0.15, -0.1) is 0 Å². The molecule has 0 unspecified atom stereocenters. The van der Waals surface area contributed by atoms with Gasteiger partial charge in [-0.25, -0.2) is 9.97 Å². The van der Waals surface area contributed by atoms with Crippen LogP contribution in [-0.4, -0.2) is 44.8 Å². The molecule has 0 bridgehead atoms. The maximum Gasteiger partial charge on any atom is 0.253 e. The van der Waals surface area contributed by atoms with Gasteiger partial charge in [0.1, 0.15) is 5.82 Å². The molecule has 1 fully saturated rings. The molecule has 2 aromatic heterocycles. The molecule has 0 aliphatic carbocycles. The molecule has 1 N–H and O–H groups in total. The largest absolute Gasteiger partial charge is 0.338 e. The molecule has 0 spiro atoms. The van der Waals surface area contributed by atoms with Crippen molar-refractivity contribution in [1.82, 2.24) is 19.9 Å². The van der Waals surface area contributed by atoms with Crippen LogP contribution in [0.4, 0.5) is 5.69 Å². The number of fused-ring (bicyclic) bond motifs is 1. The third-order valence-corrected chi connectivity index (χ3v) is 5.06. The zero-order valence-corrected chi connectivity index (χ0v) is 15.9. The fourth-order valence-electron chi connectivity index (χ4n) is 3.52. The summed E-state index contributed by atoms with van der Waals surface area (Å²) in [7, 11) is 0. The molecule has 2 amide bonds. The summed E-state index contributed by atoms with van der Waals surface area (Å²) in [6, 6.07) is 8.79. The number of benzene rings is 1. The summed E-state index contributed by atoms with van der Waals surface area (Å²) in [6.45, 7) is 4.82. The van der Waals surface area contributed by atoms with Crippen LogP contribution in [-0.2, 0) is 11.2 Å². The van der Waals surface area contributed by atoms with Gasteiger partial charge in [0, 0.05) is 48.5 Å². The lowest BCUT2D eigenvalue weighted by Gasteiger charge is -2.17. The van der Waals surface area contributed by atoms with E-state index in [1.54, 1.807) is 36.7 Å². The summed E-state index contributed by atoms with van der Waals surface area (Å²) < 4.78 is 0. The number of nitrogens with one attached hydrogen (secondary N) is 1. The highest BCUT2D eigenvalue weighted by Gasteiger charge is 2.27. The molecule has 0 radical (unpaired) electrons. The monoisotopic (exact) mass is 387 g/mol. The van der Waals surface area contributed by atoms with Crippen LogP contribution in [0.15, 0.2) is 61.6 Å². The molecule has 3 heterocycles. The molecule has 4 rings (SSSR count). The molecule has 7 nitrogen and oxygen atoms in total. The lowest BCUT2D eigenvalue weighted by molar-refractivity contribution is -0.111. The van der Waals surface area contributed by atoms with Crippen LogP contribution in [0.1, 0.15) is 22.6 Å². The number of rotatable bonds is 5. The predicted molar refractivity (Wildman–Crippen MR) is 110 cm³/mol. The van der Waals surface area contributed by atoms with Gasteiger partial charge in [0.25, 0.3) is 5.91 Å². The van der Waals surface area contributed by atoms with E-state index in [1.165, 1.54) is 6.08 Å². The highest BCUT2D eigenvalue weighted by molar-refractivity contribution is 5.99. The molecule has 1 saturated heterocycles. The molecule has 1 aliphatic rings. The van der Waals surface area contributed by atoms with E-state index in [9.17, 15) is 9.59 Å². The Morgan fingerprint density at radius 3 is 2.83 bits per heavy atom. The van der Waals surface area contributed by atoms with E-state index in [2.05, 4.69) is 26.8 Å². The number of hydrogen-bond acceptors (Lipinski definition) is 5. The Kier molecular flexibility index (Phi) is 5.29. The lowest BCUT2D eigenvalue weighted by atomic mass is 10.0. The van der Waals surface area contributed by atoms with Gasteiger partial charge in [0.2, 0.25) is 5.91 Å². The number of amides is 2. The summed E-state index contributed by atoms with van der Waals surface area (Å²) in [6.07, 6.45) is 8.16. The van der Waals surface area contributed by atoms with Gasteiger partial charge in [0.15, 0.2) is 0 Å². The number of anilines is 1. The molecule has 3 aromatic rings. The first-order valence-corrected chi connectivity index (χ1v) is 9.51. The molecule has 7 heteroatoms. The SMILES string of the molecule is C=CC(=O)Nc1ccc(C(=O)N2CC[C@@H](Cc3ncc4ccncc4n3)C2)cc1. The number of pyridine rings is 1. The Balaban J connectivity index is 1.37. The van der Waals surface area contributed by atoms with Gasteiger partial charge < -0.3 is 10.2 Å². The molecular formula is C22H21N5O2. The topological polar surface area (TPSA) is 88.1 Å². The second kappa shape index (κ2) is 8.18. The number of nitrogens with zero attached hydrogens (tertiary/aromatic N) is 4. The Labute approximate surface area is 168 Å². The first-order valence-electron chi connectivity index (χ1n) is 9.51. The molecule has 1 atom stereocenters. The van der Waals surface area contributed by atoms with Crippen molar-refractivity contribution in [2.75, 3.05) is 18.4 Å². The molecule has 146 valence electrons. The van der Waals surface area contributed by atoms with Crippen molar-refractivity contribution in [3.05, 3.63) is 73.0 Å². The third-order valence-electron chi connectivity index (χ3n) is 5.06. The Morgan fingerprint density at radius 2 is 2.03 bits per heavy atom. The van der Waals surface area contributed by atoms with Crippen molar-refractivity contribution in [1.29, 1.82) is 0 Å². The Bertz CT molecular complexity index is 1060. The van der Waals surface area contributed by atoms with Crippen LogP contribution in [0, 0.1) is 5.92 Å². The van der Waals surface area contributed by atoms with Gasteiger partial charge in [-0.1, -0.05) is 6.58 Å². The van der Waals surface area contributed by atoms with Crippen LogP contribution in [0.25, 0.3) is 10.9 Å². The van der Waals surface area contributed by atoms with Crippen LogP contribution in [0.3, 0.4) is 0 Å². The second-order valence-corrected chi connectivity index (χ2v) is 7.10. The van der Waals surface area contributed by atoms with Crippen LogP contribution >= 0.6 is 0 Å². The van der Waals surface area contributed by atoms with Crippen molar-refractivity contribution in [2.24, 2.45) is 5.92 Å². The predicted octanol–water partition coefficient (Wildman–Crippen LogP) is 2.85. The summed E-state index contributed by atoms with van der Waals surface area (Å²) in [5, 5.41) is 3.65. The summed E-state index contributed by atoms with van der Waals surface area (Å²) in [4.78, 5) is 39.2. The minimum Gasteiger partial charge on any atom is -0.338 e. The van der Waals surface area contributed by atoms with Crippen molar-refractivity contribution in [3.63, 3.8) is 0 Å². The number of carbonyl (C=O) groups excluding carboxylic acids is 2. The lowest BCUT2D eigenvalue weighted by Crippen LogP contribution is -2.29. The van der Waals surface area contributed by atoms with Gasteiger partial charge in [-0.2, -0.15) is 0 Å².